The van der Waals surface area contributed by atoms with Crippen molar-refractivity contribution in [3.8, 4) is 11.5 Å². The molecule has 45 heavy (non-hydrogen) atoms. The zero-order valence-electron chi connectivity index (χ0n) is 27.1. The molecule has 0 aliphatic carbocycles. The van der Waals surface area contributed by atoms with E-state index >= 15 is 0 Å². The van der Waals surface area contributed by atoms with Crippen LogP contribution in [0.25, 0.3) is 19.6 Å². The molecule has 4 aromatic carbocycles. The molecule has 7 heteroatoms. The topological polar surface area (TPSA) is 18.5 Å². The Bertz CT molecular complexity index is 1650. The number of benzene rings is 4. The van der Waals surface area contributed by atoms with Crippen LogP contribution in [0.2, 0.25) is 0 Å². The predicted molar refractivity (Wildman–Crippen MR) is 200 cm³/mol. The number of aryl methyl sites for hydroxylation is 6. The van der Waals surface area contributed by atoms with E-state index < -0.39 is 0 Å². The summed E-state index contributed by atoms with van der Waals surface area (Å²) in [6, 6.07) is 24.4. The molecule has 242 valence electrons. The second-order valence-corrected chi connectivity index (χ2v) is 12.3. The number of ether oxygens (including phenoxy) is 2. The molecule has 0 unspecified atom stereocenters. The van der Waals surface area contributed by atoms with Gasteiger partial charge in [0.1, 0.15) is 11.5 Å². The van der Waals surface area contributed by atoms with Crippen molar-refractivity contribution >= 4 is 70.1 Å². The molecule has 0 aliphatic heterocycles. The number of rotatable bonds is 8. The van der Waals surface area contributed by atoms with Gasteiger partial charge >= 0.3 is 0 Å². The van der Waals surface area contributed by atoms with Gasteiger partial charge in [-0.15, -0.1) is 0 Å². The average Bonchev–Trinajstić information content (AvgIpc) is 2.98. The molecule has 0 aromatic heterocycles. The van der Waals surface area contributed by atoms with Crippen LogP contribution in [0.5, 0.6) is 11.5 Å². The van der Waals surface area contributed by atoms with Gasteiger partial charge in [0.05, 0.1) is 13.2 Å². The zero-order chi connectivity index (χ0) is 32.6. The molecule has 0 radical (unpaired) electrons. The molecule has 0 atom stereocenters. The summed E-state index contributed by atoms with van der Waals surface area (Å²) < 4.78 is 11.3. The number of hydrogen-bond donors (Lipinski definition) is 0. The van der Waals surface area contributed by atoms with E-state index in [4.69, 9.17) is 60.0 Å². The van der Waals surface area contributed by atoms with Crippen molar-refractivity contribution in [2.75, 3.05) is 13.2 Å². The maximum atomic E-state index is 5.71. The van der Waals surface area contributed by atoms with Crippen molar-refractivity contribution in [3.63, 3.8) is 0 Å². The van der Waals surface area contributed by atoms with Crippen LogP contribution in [0.3, 0.4) is 0 Å². The molecule has 4 aromatic rings. The maximum absolute atomic E-state index is 5.71. The van der Waals surface area contributed by atoms with Crippen molar-refractivity contribution < 1.29 is 26.0 Å². The van der Waals surface area contributed by atoms with Crippen molar-refractivity contribution in [2.24, 2.45) is 0 Å². The molecule has 0 amide bonds. The third-order valence-electron chi connectivity index (χ3n) is 7.27. The third-order valence-corrected chi connectivity index (χ3v) is 9.20. The van der Waals surface area contributed by atoms with E-state index in [9.17, 15) is 0 Å². The maximum Gasteiger partial charge on any atom is 0.124 e. The van der Waals surface area contributed by atoms with E-state index in [1.807, 2.05) is 76.2 Å². The van der Waals surface area contributed by atoms with E-state index in [1.165, 1.54) is 0 Å². The normalized spacial score (nSPS) is 11.7. The fraction of sp³-hybridized carbons (Fsp3) is 0.263. The Morgan fingerprint density at radius 3 is 1.44 bits per heavy atom. The van der Waals surface area contributed by atoms with E-state index in [0.717, 1.165) is 76.9 Å². The molecule has 0 saturated heterocycles. The van der Waals surface area contributed by atoms with E-state index in [-0.39, 0.29) is 16.5 Å². The molecule has 2 nitrogen and oxygen atoms in total. The molecule has 0 aliphatic rings. The van der Waals surface area contributed by atoms with Crippen LogP contribution in [0.15, 0.2) is 72.8 Å². The summed E-state index contributed by atoms with van der Waals surface area (Å²) >= 11 is 22.7. The van der Waals surface area contributed by atoms with Crippen molar-refractivity contribution in [2.45, 2.75) is 55.4 Å². The minimum absolute atomic E-state index is 0. The minimum atomic E-state index is 0. The third kappa shape index (κ3) is 9.67. The monoisotopic (exact) mass is 714 g/mol. The molecule has 0 N–H and O–H groups in total. The van der Waals surface area contributed by atoms with Crippen LogP contribution in [0.4, 0.5) is 0 Å². The van der Waals surface area contributed by atoms with Crippen LogP contribution >= 0.6 is 0 Å². The summed E-state index contributed by atoms with van der Waals surface area (Å²) in [6.07, 6.45) is 0. The first-order chi connectivity index (χ1) is 20.9. The first-order valence-electron chi connectivity index (χ1n) is 14.7. The number of hydrogen-bond acceptors (Lipinski definition) is 6. The summed E-state index contributed by atoms with van der Waals surface area (Å²) in [5.41, 5.74) is 10.9. The summed E-state index contributed by atoms with van der Waals surface area (Å²) in [7, 11) is 0. The summed E-state index contributed by atoms with van der Waals surface area (Å²) in [6.45, 7) is 17.5. The predicted octanol–water partition coefficient (Wildman–Crippen LogP) is 9.86. The zero-order valence-corrected chi connectivity index (χ0v) is 31.4. The van der Waals surface area contributed by atoms with Crippen LogP contribution in [-0.4, -0.2) is 13.2 Å². The van der Waals surface area contributed by atoms with E-state index in [2.05, 4.69) is 52.0 Å². The average molecular weight is 716 g/mol. The first-order valence-corrected chi connectivity index (χ1v) is 16.3. The smallest absolute Gasteiger partial charge is 0.124 e. The Kier molecular flexibility index (Phi) is 15.3. The van der Waals surface area contributed by atoms with Gasteiger partial charge in [-0.05, 0) is 130 Å². The molecule has 0 saturated carbocycles. The Morgan fingerprint density at radius 2 is 0.978 bits per heavy atom. The fourth-order valence-electron chi connectivity index (χ4n) is 5.02. The van der Waals surface area contributed by atoms with Gasteiger partial charge in [-0.3, -0.25) is 0 Å². The van der Waals surface area contributed by atoms with Crippen LogP contribution < -0.4 is 9.47 Å². The quantitative estimate of drug-likeness (QED) is 0.102. The van der Waals surface area contributed by atoms with Gasteiger partial charge in [0, 0.05) is 16.5 Å². The summed E-state index contributed by atoms with van der Waals surface area (Å²) in [5, 5.41) is 0. The first kappa shape index (κ1) is 38.5. The van der Waals surface area contributed by atoms with E-state index in [1.54, 1.807) is 0 Å². The Hall–Kier alpha value is -2.67. The van der Waals surface area contributed by atoms with Crippen molar-refractivity contribution in [1.29, 1.82) is 0 Å². The summed E-state index contributed by atoms with van der Waals surface area (Å²) in [4.78, 5) is 2.85. The second-order valence-electron chi connectivity index (χ2n) is 10.7. The van der Waals surface area contributed by atoms with Crippen LogP contribution in [0.1, 0.15) is 69.5 Å². The molecule has 4 rings (SSSR count). The van der Waals surface area contributed by atoms with Gasteiger partial charge in [-0.25, -0.2) is 0 Å². The van der Waals surface area contributed by atoms with E-state index in [0.29, 0.717) is 23.0 Å². The minimum Gasteiger partial charge on any atom is -0.780 e. The molecule has 0 fully saturated rings. The Morgan fingerprint density at radius 1 is 0.511 bits per heavy atom. The van der Waals surface area contributed by atoms with Crippen LogP contribution in [0, 0.1) is 41.5 Å². The van der Waals surface area contributed by atoms with Crippen LogP contribution in [-0.2, 0) is 67.0 Å². The SMILES string of the molecule is CCOc1ccc(C)c(/C([S-])=C(/[S-])c2c(C)cccc2C)c1.CCOc1ccc(C)cc1/C([S-])=C(/[S-])c1c(C)cccc1C.[Ni]. The van der Waals surface area contributed by atoms with Gasteiger partial charge < -0.3 is 60.0 Å². The fourth-order valence-corrected chi connectivity index (χ4v) is 6.47. The van der Waals surface area contributed by atoms with Crippen molar-refractivity contribution in [3.05, 3.63) is 128 Å². The molecule has 0 bridgehead atoms. The second kappa shape index (κ2) is 17.9. The Balaban J connectivity index is 0.000000307. The molecule has 0 spiro atoms. The van der Waals surface area contributed by atoms with Gasteiger partial charge in [-0.2, -0.15) is 19.6 Å². The standard InChI is InChI=1S/2C19H22OS2.Ni/c1-5-20-15-10-9-12(2)16(11-15)18(21)19(22)17-13(3)7-6-8-14(17)4;1-5-20-16-10-9-12(2)11-15(16)18(21)19(22)17-13(3)7-6-8-14(17)4;/h2*6-11,21-22H,5H2,1-4H3;/p-4/b2*19-18-;. The Labute approximate surface area is 302 Å². The van der Waals surface area contributed by atoms with Gasteiger partial charge in [-0.1, -0.05) is 54.1 Å². The van der Waals surface area contributed by atoms with Gasteiger partial charge in [0.2, 0.25) is 0 Å². The van der Waals surface area contributed by atoms with Crippen molar-refractivity contribution in [1.82, 2.24) is 0 Å². The molecular formula is C38H40NiO2S4-4. The van der Waals surface area contributed by atoms with Gasteiger partial charge in [0.25, 0.3) is 0 Å². The summed E-state index contributed by atoms with van der Waals surface area (Å²) in [5.74, 6) is 1.63. The largest absolute Gasteiger partial charge is 0.780 e. The molecular weight excluding hydrogens is 675 g/mol. The molecule has 0 heterocycles. The van der Waals surface area contributed by atoms with Gasteiger partial charge in [0.15, 0.2) is 0 Å².